The van der Waals surface area contributed by atoms with E-state index < -0.39 is 15.0 Å². The van der Waals surface area contributed by atoms with Crippen LogP contribution in [0.3, 0.4) is 0 Å². The van der Waals surface area contributed by atoms with Gasteiger partial charge in [0.1, 0.15) is 4.33 Å². The molecule has 1 rings (SSSR count). The van der Waals surface area contributed by atoms with Crippen molar-refractivity contribution in [3.05, 3.63) is 0 Å². The molecule has 1 atom stereocenters. The van der Waals surface area contributed by atoms with E-state index in [2.05, 4.69) is 0 Å². The number of rotatable bonds is 2. The lowest BCUT2D eigenvalue weighted by Gasteiger charge is -2.08. The van der Waals surface area contributed by atoms with Crippen LogP contribution in [0.25, 0.3) is 0 Å². The lowest BCUT2D eigenvalue weighted by molar-refractivity contribution is -0.116. The van der Waals surface area contributed by atoms with Crippen LogP contribution < -0.4 is 0 Å². The van der Waals surface area contributed by atoms with Crippen molar-refractivity contribution in [1.29, 1.82) is 0 Å². The van der Waals surface area contributed by atoms with Gasteiger partial charge in [-0.05, 0) is 24.4 Å². The smallest absolute Gasteiger partial charge is 0.230 e. The van der Waals surface area contributed by atoms with Crippen molar-refractivity contribution in [3.8, 4) is 0 Å². The number of halogens is 3. The SMILES string of the molecule is CC[C@@]1(C(=O)Cl)CC1(Cl)Cl. The molecule has 1 nitrogen and oxygen atoms in total. The number of hydrogen-bond donors (Lipinski definition) is 0. The van der Waals surface area contributed by atoms with Crippen LogP contribution in [0.1, 0.15) is 19.8 Å². The third-order valence-electron chi connectivity index (χ3n) is 2.08. The summed E-state index contributed by atoms with van der Waals surface area (Å²) in [5.41, 5.74) is -0.655. The van der Waals surface area contributed by atoms with E-state index >= 15 is 0 Å². The summed E-state index contributed by atoms with van der Waals surface area (Å²) in [5.74, 6) is 0. The fraction of sp³-hybridized carbons (Fsp3) is 0.833. The summed E-state index contributed by atoms with van der Waals surface area (Å²) in [6, 6.07) is 0. The first kappa shape index (κ1) is 8.63. The lowest BCUT2D eigenvalue weighted by atomic mass is 10.1. The molecule has 0 aromatic carbocycles. The van der Waals surface area contributed by atoms with Gasteiger partial charge < -0.3 is 0 Å². The lowest BCUT2D eigenvalue weighted by Crippen LogP contribution is -2.15. The Kier molecular flexibility index (Phi) is 1.95. The van der Waals surface area contributed by atoms with Gasteiger partial charge in [0.25, 0.3) is 0 Å². The van der Waals surface area contributed by atoms with Crippen LogP contribution in [0.5, 0.6) is 0 Å². The summed E-state index contributed by atoms with van der Waals surface area (Å²) in [6.07, 6.45) is 1.10. The molecule has 0 bridgehead atoms. The molecule has 0 N–H and O–H groups in total. The molecule has 0 aliphatic heterocycles. The minimum Gasteiger partial charge on any atom is -0.281 e. The molecule has 1 saturated carbocycles. The molecule has 58 valence electrons. The van der Waals surface area contributed by atoms with Crippen LogP contribution in [0.15, 0.2) is 0 Å². The molecule has 10 heavy (non-hydrogen) atoms. The van der Waals surface area contributed by atoms with Gasteiger partial charge in [0, 0.05) is 0 Å². The second kappa shape index (κ2) is 2.26. The first-order valence-electron chi connectivity index (χ1n) is 3.04. The average Bonchev–Trinajstić information content (AvgIpc) is 2.35. The van der Waals surface area contributed by atoms with Crippen LogP contribution in [0.4, 0.5) is 0 Å². The van der Waals surface area contributed by atoms with Crippen LogP contribution >= 0.6 is 34.8 Å². The topological polar surface area (TPSA) is 17.1 Å². The summed E-state index contributed by atoms with van der Waals surface area (Å²) < 4.78 is -0.902. The van der Waals surface area contributed by atoms with Gasteiger partial charge in [-0.15, -0.1) is 23.2 Å². The van der Waals surface area contributed by atoms with Gasteiger partial charge in [-0.25, -0.2) is 0 Å². The van der Waals surface area contributed by atoms with Gasteiger partial charge >= 0.3 is 0 Å². The predicted octanol–water partition coefficient (Wildman–Crippen LogP) is 2.73. The molecule has 0 aromatic rings. The first-order chi connectivity index (χ1) is 4.46. The number of carbonyl (C=O) groups is 1. The highest BCUT2D eigenvalue weighted by atomic mass is 35.5. The second-order valence-corrected chi connectivity index (χ2v) is 4.42. The molecule has 0 spiro atoms. The van der Waals surface area contributed by atoms with Crippen LogP contribution in [-0.2, 0) is 4.79 Å². The summed E-state index contributed by atoms with van der Waals surface area (Å²) >= 11 is 16.7. The molecule has 0 unspecified atom stereocenters. The second-order valence-electron chi connectivity index (χ2n) is 2.59. The highest BCUT2D eigenvalue weighted by Crippen LogP contribution is 2.66. The normalized spacial score (nSPS) is 35.6. The van der Waals surface area contributed by atoms with E-state index in [9.17, 15) is 4.79 Å². The zero-order valence-electron chi connectivity index (χ0n) is 5.46. The van der Waals surface area contributed by atoms with Gasteiger partial charge in [-0.1, -0.05) is 6.92 Å². The zero-order chi connectivity index (χ0) is 7.99. The largest absolute Gasteiger partial charge is 0.281 e. The Balaban J connectivity index is 2.78. The monoisotopic (exact) mass is 200 g/mol. The third kappa shape index (κ3) is 0.956. The Morgan fingerprint density at radius 1 is 1.60 bits per heavy atom. The average molecular weight is 201 g/mol. The zero-order valence-corrected chi connectivity index (χ0v) is 7.72. The molecule has 0 heterocycles. The number of carbonyl (C=O) groups excluding carboxylic acids is 1. The fourth-order valence-electron chi connectivity index (χ4n) is 1.07. The van der Waals surface area contributed by atoms with Crippen molar-refractivity contribution in [1.82, 2.24) is 0 Å². The van der Waals surface area contributed by atoms with Crippen molar-refractivity contribution < 1.29 is 4.79 Å². The number of alkyl halides is 2. The summed E-state index contributed by atoms with van der Waals surface area (Å²) in [5, 5.41) is -0.417. The molecule has 0 radical (unpaired) electrons. The maximum atomic E-state index is 10.8. The molecule has 4 heteroatoms. The molecule has 0 saturated heterocycles. The van der Waals surface area contributed by atoms with Crippen molar-refractivity contribution in [2.75, 3.05) is 0 Å². The van der Waals surface area contributed by atoms with E-state index in [4.69, 9.17) is 34.8 Å². The maximum Gasteiger partial charge on any atom is 0.230 e. The Bertz CT molecular complexity index is 178. The molecule has 1 fully saturated rings. The molecule has 0 amide bonds. The van der Waals surface area contributed by atoms with Crippen molar-refractivity contribution in [3.63, 3.8) is 0 Å². The van der Waals surface area contributed by atoms with Crippen molar-refractivity contribution in [2.45, 2.75) is 24.1 Å². The van der Waals surface area contributed by atoms with E-state index in [-0.39, 0.29) is 0 Å². The van der Waals surface area contributed by atoms with Crippen LogP contribution in [0.2, 0.25) is 0 Å². The third-order valence-corrected chi connectivity index (χ3v) is 3.43. The van der Waals surface area contributed by atoms with E-state index in [1.54, 1.807) is 0 Å². The molecule has 1 aliphatic rings. The fourth-order valence-corrected chi connectivity index (χ4v) is 2.42. The summed E-state index contributed by atoms with van der Waals surface area (Å²) in [4.78, 5) is 10.8. The highest BCUT2D eigenvalue weighted by molar-refractivity contribution is 6.68. The van der Waals surface area contributed by atoms with E-state index in [0.29, 0.717) is 12.8 Å². The summed E-state index contributed by atoms with van der Waals surface area (Å²) in [6.45, 7) is 1.85. The quantitative estimate of drug-likeness (QED) is 0.496. The van der Waals surface area contributed by atoms with E-state index in [0.717, 1.165) is 0 Å². The van der Waals surface area contributed by atoms with Gasteiger partial charge in [0.15, 0.2) is 0 Å². The van der Waals surface area contributed by atoms with E-state index in [1.165, 1.54) is 0 Å². The Morgan fingerprint density at radius 2 is 2.00 bits per heavy atom. The first-order valence-corrected chi connectivity index (χ1v) is 4.17. The minimum absolute atomic E-state index is 0.417. The highest BCUT2D eigenvalue weighted by Gasteiger charge is 2.69. The van der Waals surface area contributed by atoms with Gasteiger partial charge in [0.2, 0.25) is 5.24 Å². The van der Waals surface area contributed by atoms with Crippen molar-refractivity contribution >= 4 is 40.0 Å². The van der Waals surface area contributed by atoms with E-state index in [1.807, 2.05) is 6.92 Å². The van der Waals surface area contributed by atoms with Gasteiger partial charge in [0.05, 0.1) is 5.41 Å². The van der Waals surface area contributed by atoms with Gasteiger partial charge in [-0.2, -0.15) is 0 Å². The van der Waals surface area contributed by atoms with Crippen LogP contribution in [-0.4, -0.2) is 9.58 Å². The summed E-state index contributed by atoms with van der Waals surface area (Å²) in [7, 11) is 0. The Hall–Kier alpha value is 0.540. The number of hydrogen-bond acceptors (Lipinski definition) is 1. The Labute approximate surface area is 74.6 Å². The van der Waals surface area contributed by atoms with Crippen LogP contribution in [0, 0.1) is 5.41 Å². The maximum absolute atomic E-state index is 10.8. The minimum atomic E-state index is -0.902. The molecular formula is C6H7Cl3O. The molecule has 0 aromatic heterocycles. The molecule has 1 aliphatic carbocycles. The van der Waals surface area contributed by atoms with Gasteiger partial charge in [-0.3, -0.25) is 4.79 Å². The van der Waals surface area contributed by atoms with Crippen molar-refractivity contribution in [2.24, 2.45) is 5.41 Å². The predicted molar refractivity (Wildman–Crippen MR) is 42.6 cm³/mol. The molecular weight excluding hydrogens is 194 g/mol. The standard InChI is InChI=1S/C6H7Cl3O/c1-2-5(4(7)10)3-6(5,8)9/h2-3H2,1H3/t5-/m0/s1. The Morgan fingerprint density at radius 3 is 2.00 bits per heavy atom.